The second kappa shape index (κ2) is 3.89. The third-order valence-electron chi connectivity index (χ3n) is 3.80. The monoisotopic (exact) mass is 218 g/mol. The van der Waals surface area contributed by atoms with E-state index in [0.29, 0.717) is 0 Å². The Morgan fingerprint density at radius 3 is 2.25 bits per heavy atom. The van der Waals surface area contributed by atoms with Gasteiger partial charge in [-0.3, -0.25) is 0 Å². The predicted octanol–water partition coefficient (Wildman–Crippen LogP) is 3.78. The van der Waals surface area contributed by atoms with Crippen LogP contribution in [0.2, 0.25) is 0 Å². The summed E-state index contributed by atoms with van der Waals surface area (Å²) in [6.07, 6.45) is 4.13. The van der Waals surface area contributed by atoms with Crippen LogP contribution in [0.3, 0.4) is 0 Å². The summed E-state index contributed by atoms with van der Waals surface area (Å²) in [6.45, 7) is 6.59. The molecule has 0 aliphatic heterocycles. The lowest BCUT2D eigenvalue weighted by Crippen LogP contribution is -2.36. The maximum absolute atomic E-state index is 10.8. The van der Waals surface area contributed by atoms with Gasteiger partial charge < -0.3 is 5.11 Å². The molecule has 1 saturated carbocycles. The number of benzene rings is 1. The highest BCUT2D eigenvalue weighted by atomic mass is 16.3. The second-order valence-electron chi connectivity index (χ2n) is 6.09. The Morgan fingerprint density at radius 1 is 1.06 bits per heavy atom. The van der Waals surface area contributed by atoms with Gasteiger partial charge in [0.1, 0.15) is 0 Å². The molecule has 1 unspecified atom stereocenters. The summed E-state index contributed by atoms with van der Waals surface area (Å²) in [4.78, 5) is 0. The highest BCUT2D eigenvalue weighted by molar-refractivity contribution is 5.27. The normalized spacial score (nSPS) is 29.0. The van der Waals surface area contributed by atoms with Crippen LogP contribution in [0.25, 0.3) is 0 Å². The van der Waals surface area contributed by atoms with Gasteiger partial charge in [0.2, 0.25) is 0 Å². The van der Waals surface area contributed by atoms with E-state index < -0.39 is 5.60 Å². The molecule has 0 heterocycles. The van der Waals surface area contributed by atoms with Crippen LogP contribution >= 0.6 is 0 Å². The van der Waals surface area contributed by atoms with Crippen molar-refractivity contribution in [1.82, 2.24) is 0 Å². The minimum atomic E-state index is -0.602. The van der Waals surface area contributed by atoms with Crippen molar-refractivity contribution in [3.8, 4) is 0 Å². The van der Waals surface area contributed by atoms with Gasteiger partial charge in [0.25, 0.3) is 0 Å². The number of hydrogen-bond acceptors (Lipinski definition) is 1. The summed E-state index contributed by atoms with van der Waals surface area (Å²) in [5.41, 5.74) is 2.00. The lowest BCUT2D eigenvalue weighted by Gasteiger charge is -2.42. The fraction of sp³-hybridized carbons (Fsp3) is 0.600. The largest absolute Gasteiger partial charge is 0.385 e. The van der Waals surface area contributed by atoms with Crippen molar-refractivity contribution in [2.75, 3.05) is 0 Å². The first kappa shape index (κ1) is 11.7. The zero-order valence-corrected chi connectivity index (χ0v) is 10.6. The average molecular weight is 218 g/mol. The molecule has 1 heteroatoms. The smallest absolute Gasteiger partial charge is 0.0901 e. The van der Waals surface area contributed by atoms with E-state index in [1.165, 1.54) is 12.0 Å². The molecule has 0 bridgehead atoms. The molecule has 88 valence electrons. The summed E-state index contributed by atoms with van der Waals surface area (Å²) >= 11 is 0. The number of aliphatic hydroxyl groups is 1. The molecule has 1 nitrogen and oxygen atoms in total. The molecule has 0 radical (unpaired) electrons. The Kier molecular flexibility index (Phi) is 2.83. The van der Waals surface area contributed by atoms with Crippen LogP contribution in [0.5, 0.6) is 0 Å². The van der Waals surface area contributed by atoms with Crippen molar-refractivity contribution >= 4 is 0 Å². The molecule has 0 spiro atoms. The Hall–Kier alpha value is -0.820. The first-order valence-electron chi connectivity index (χ1n) is 6.21. The standard InChI is InChI=1S/C15H22O/c1-12-5-7-13(8-6-12)15(16)10-4-9-14(2,3)11-15/h5-8,16H,4,9-11H2,1-3H3. The number of rotatable bonds is 1. The molecule has 1 N–H and O–H groups in total. The van der Waals surface area contributed by atoms with Crippen molar-refractivity contribution in [3.63, 3.8) is 0 Å². The SMILES string of the molecule is Cc1ccc(C2(O)CCCC(C)(C)C2)cc1. The van der Waals surface area contributed by atoms with Crippen molar-refractivity contribution in [2.24, 2.45) is 5.41 Å². The minimum absolute atomic E-state index is 0.262. The van der Waals surface area contributed by atoms with Gasteiger partial charge in [-0.1, -0.05) is 43.7 Å². The molecule has 2 rings (SSSR count). The van der Waals surface area contributed by atoms with Crippen molar-refractivity contribution < 1.29 is 5.11 Å². The summed E-state index contributed by atoms with van der Waals surface area (Å²) < 4.78 is 0. The van der Waals surface area contributed by atoms with Gasteiger partial charge in [-0.25, -0.2) is 0 Å². The zero-order valence-electron chi connectivity index (χ0n) is 10.6. The van der Waals surface area contributed by atoms with Gasteiger partial charge in [-0.05, 0) is 43.6 Å². The third kappa shape index (κ3) is 2.30. The molecule has 0 amide bonds. The molecule has 0 saturated heterocycles. The van der Waals surface area contributed by atoms with Crippen LogP contribution in [0.15, 0.2) is 24.3 Å². The summed E-state index contributed by atoms with van der Waals surface area (Å²) in [6, 6.07) is 8.34. The molecule has 1 aromatic carbocycles. The van der Waals surface area contributed by atoms with Crippen LogP contribution in [-0.4, -0.2) is 5.11 Å². The zero-order chi connectivity index (χ0) is 11.8. The lowest BCUT2D eigenvalue weighted by atomic mass is 9.67. The van der Waals surface area contributed by atoms with E-state index in [1.54, 1.807) is 0 Å². The quantitative estimate of drug-likeness (QED) is 0.760. The molecule has 1 fully saturated rings. The van der Waals surface area contributed by atoms with E-state index in [9.17, 15) is 5.11 Å². The number of hydrogen-bond donors (Lipinski definition) is 1. The molecule has 16 heavy (non-hydrogen) atoms. The topological polar surface area (TPSA) is 20.2 Å². The molecular weight excluding hydrogens is 196 g/mol. The first-order chi connectivity index (χ1) is 7.41. The Bertz CT molecular complexity index is 364. The highest BCUT2D eigenvalue weighted by Crippen LogP contribution is 2.46. The summed E-state index contributed by atoms with van der Waals surface area (Å²) in [5, 5.41) is 10.8. The van der Waals surface area contributed by atoms with E-state index in [-0.39, 0.29) is 5.41 Å². The lowest BCUT2D eigenvalue weighted by molar-refractivity contribution is -0.0440. The third-order valence-corrected chi connectivity index (χ3v) is 3.80. The highest BCUT2D eigenvalue weighted by Gasteiger charge is 2.39. The van der Waals surface area contributed by atoms with Crippen LogP contribution in [0, 0.1) is 12.3 Å². The van der Waals surface area contributed by atoms with Gasteiger partial charge in [-0.15, -0.1) is 0 Å². The van der Waals surface area contributed by atoms with Crippen molar-refractivity contribution in [1.29, 1.82) is 0 Å². The average Bonchev–Trinajstić information content (AvgIpc) is 2.16. The van der Waals surface area contributed by atoms with E-state index >= 15 is 0 Å². The Labute approximate surface area is 98.5 Å². The van der Waals surface area contributed by atoms with Crippen LogP contribution in [0.1, 0.15) is 50.7 Å². The van der Waals surface area contributed by atoms with Gasteiger partial charge in [0.15, 0.2) is 0 Å². The Morgan fingerprint density at radius 2 is 1.69 bits per heavy atom. The molecule has 0 aromatic heterocycles. The summed E-state index contributed by atoms with van der Waals surface area (Å²) in [7, 11) is 0. The molecule has 1 aliphatic carbocycles. The van der Waals surface area contributed by atoms with Gasteiger partial charge in [-0.2, -0.15) is 0 Å². The van der Waals surface area contributed by atoms with Crippen LogP contribution < -0.4 is 0 Å². The second-order valence-corrected chi connectivity index (χ2v) is 6.09. The maximum atomic E-state index is 10.8. The molecular formula is C15H22O. The Balaban J connectivity index is 2.27. The van der Waals surface area contributed by atoms with E-state index in [0.717, 1.165) is 24.8 Å². The van der Waals surface area contributed by atoms with Crippen molar-refractivity contribution in [2.45, 2.75) is 52.1 Å². The van der Waals surface area contributed by atoms with Crippen LogP contribution in [-0.2, 0) is 5.60 Å². The predicted molar refractivity (Wildman–Crippen MR) is 67.3 cm³/mol. The fourth-order valence-electron chi connectivity index (χ4n) is 2.94. The fourth-order valence-corrected chi connectivity index (χ4v) is 2.94. The van der Waals surface area contributed by atoms with E-state index in [1.807, 2.05) is 0 Å². The van der Waals surface area contributed by atoms with Crippen molar-refractivity contribution in [3.05, 3.63) is 35.4 Å². The molecule has 1 atom stereocenters. The van der Waals surface area contributed by atoms with Gasteiger partial charge in [0.05, 0.1) is 5.60 Å². The summed E-state index contributed by atoms with van der Waals surface area (Å²) in [5.74, 6) is 0. The maximum Gasteiger partial charge on any atom is 0.0901 e. The minimum Gasteiger partial charge on any atom is -0.385 e. The van der Waals surface area contributed by atoms with Gasteiger partial charge in [0, 0.05) is 0 Å². The van der Waals surface area contributed by atoms with E-state index in [2.05, 4.69) is 45.0 Å². The number of aryl methyl sites for hydroxylation is 1. The van der Waals surface area contributed by atoms with E-state index in [4.69, 9.17) is 0 Å². The first-order valence-corrected chi connectivity index (χ1v) is 6.21. The van der Waals surface area contributed by atoms with Crippen LogP contribution in [0.4, 0.5) is 0 Å². The molecule has 1 aromatic rings. The molecule has 1 aliphatic rings. The van der Waals surface area contributed by atoms with Gasteiger partial charge >= 0.3 is 0 Å².